The second-order valence-corrected chi connectivity index (χ2v) is 6.93. The zero-order chi connectivity index (χ0) is 14.6. The molecule has 0 aliphatic heterocycles. The molecule has 7 nitrogen and oxygen atoms in total. The molecule has 108 valence electrons. The molecule has 1 atom stereocenters. The largest absolute Gasteiger partial charge is 0.337 e. The summed E-state index contributed by atoms with van der Waals surface area (Å²) >= 11 is 0. The molecule has 1 aromatic rings. The van der Waals surface area contributed by atoms with Crippen molar-refractivity contribution in [3.05, 3.63) is 18.2 Å². The molecule has 8 heteroatoms. The molecule has 0 bridgehead atoms. The second-order valence-electron chi connectivity index (χ2n) is 4.67. The Bertz CT molecular complexity index is 538. The first-order valence-corrected chi connectivity index (χ1v) is 7.91. The number of aryl methyl sites for hydroxylation is 1. The zero-order valence-electron chi connectivity index (χ0n) is 11.4. The number of aromatic nitrogens is 2. The van der Waals surface area contributed by atoms with Crippen molar-refractivity contribution in [1.29, 1.82) is 0 Å². The molecule has 0 spiro atoms. The summed E-state index contributed by atoms with van der Waals surface area (Å²) in [5, 5.41) is 0. The summed E-state index contributed by atoms with van der Waals surface area (Å²) in [6.45, 7) is 0.342. The smallest absolute Gasteiger partial charge is 0.239 e. The number of amides is 1. The lowest BCUT2D eigenvalue weighted by Gasteiger charge is -2.20. The average molecular weight is 288 g/mol. The lowest BCUT2D eigenvalue weighted by atomic mass is 10.2. The fraction of sp³-hybridized carbons (Fsp3) is 0.636. The van der Waals surface area contributed by atoms with E-state index in [4.69, 9.17) is 5.73 Å². The molecule has 0 aliphatic rings. The van der Waals surface area contributed by atoms with Crippen molar-refractivity contribution in [2.24, 2.45) is 12.8 Å². The fourth-order valence-corrected chi connectivity index (χ4v) is 2.27. The van der Waals surface area contributed by atoms with Crippen LogP contribution in [0.5, 0.6) is 0 Å². The topological polar surface area (TPSA) is 98.3 Å². The van der Waals surface area contributed by atoms with Gasteiger partial charge in [-0.25, -0.2) is 13.4 Å². The maximum Gasteiger partial charge on any atom is 0.239 e. The first-order valence-electron chi connectivity index (χ1n) is 5.85. The van der Waals surface area contributed by atoms with Crippen LogP contribution >= 0.6 is 0 Å². The minimum absolute atomic E-state index is 0.0872. The van der Waals surface area contributed by atoms with E-state index in [0.717, 1.165) is 12.1 Å². The van der Waals surface area contributed by atoms with E-state index in [1.165, 1.54) is 4.90 Å². The summed E-state index contributed by atoms with van der Waals surface area (Å²) in [6, 6.07) is -0.806. The Kier molecular flexibility index (Phi) is 5.07. The molecule has 1 rings (SSSR count). The van der Waals surface area contributed by atoms with Crippen molar-refractivity contribution >= 4 is 15.7 Å². The zero-order valence-corrected chi connectivity index (χ0v) is 12.2. The van der Waals surface area contributed by atoms with Gasteiger partial charge in [0.05, 0.1) is 18.3 Å². The molecule has 0 aromatic carbocycles. The number of nitrogens with zero attached hydrogens (tertiary/aromatic N) is 3. The van der Waals surface area contributed by atoms with E-state index in [1.807, 2.05) is 11.6 Å². The van der Waals surface area contributed by atoms with E-state index in [9.17, 15) is 13.2 Å². The third-order valence-electron chi connectivity index (χ3n) is 2.79. The SMILES string of the molecule is CN(Cc1nccn1C)C(=O)C(N)CCS(C)(=O)=O. The van der Waals surface area contributed by atoms with E-state index in [-0.39, 0.29) is 18.1 Å². The van der Waals surface area contributed by atoms with Crippen LogP contribution in [0.15, 0.2) is 12.4 Å². The molecule has 0 fully saturated rings. The standard InChI is InChI=1S/C11H20N4O3S/c1-14-6-5-13-10(14)8-15(2)11(16)9(12)4-7-19(3,17)18/h5-6,9H,4,7-8,12H2,1-3H3. The Balaban J connectivity index is 2.54. The number of nitrogens with two attached hydrogens (primary N) is 1. The van der Waals surface area contributed by atoms with Gasteiger partial charge in [-0.05, 0) is 6.42 Å². The Hall–Kier alpha value is -1.41. The minimum atomic E-state index is -3.10. The average Bonchev–Trinajstić information content (AvgIpc) is 2.70. The summed E-state index contributed by atoms with van der Waals surface area (Å²) in [7, 11) is 0.358. The highest BCUT2D eigenvalue weighted by molar-refractivity contribution is 7.90. The Morgan fingerprint density at radius 1 is 1.58 bits per heavy atom. The number of sulfone groups is 1. The van der Waals surface area contributed by atoms with Crippen LogP contribution in [0.2, 0.25) is 0 Å². The van der Waals surface area contributed by atoms with E-state index in [2.05, 4.69) is 4.98 Å². The molecule has 1 aromatic heterocycles. The molecule has 2 N–H and O–H groups in total. The third kappa shape index (κ3) is 4.99. The Morgan fingerprint density at radius 2 is 2.21 bits per heavy atom. The Labute approximate surface area is 113 Å². The predicted octanol–water partition coefficient (Wildman–Crippen LogP) is -0.859. The third-order valence-corrected chi connectivity index (χ3v) is 3.77. The molecule has 1 heterocycles. The van der Waals surface area contributed by atoms with Gasteiger partial charge in [-0.1, -0.05) is 0 Å². The van der Waals surface area contributed by atoms with Gasteiger partial charge in [0.2, 0.25) is 5.91 Å². The maximum atomic E-state index is 12.0. The number of hydrogen-bond donors (Lipinski definition) is 1. The van der Waals surface area contributed by atoms with Gasteiger partial charge in [-0.3, -0.25) is 4.79 Å². The van der Waals surface area contributed by atoms with Crippen LogP contribution < -0.4 is 5.73 Å². The minimum Gasteiger partial charge on any atom is -0.337 e. The lowest BCUT2D eigenvalue weighted by Crippen LogP contribution is -2.42. The molecule has 0 aliphatic carbocycles. The van der Waals surface area contributed by atoms with Crippen molar-refractivity contribution in [2.75, 3.05) is 19.1 Å². The predicted molar refractivity (Wildman–Crippen MR) is 72.0 cm³/mol. The number of rotatable bonds is 6. The summed E-state index contributed by atoms with van der Waals surface area (Å²) in [4.78, 5) is 17.5. The van der Waals surface area contributed by atoms with E-state index < -0.39 is 15.9 Å². The van der Waals surface area contributed by atoms with Gasteiger partial charge in [0.25, 0.3) is 0 Å². The maximum absolute atomic E-state index is 12.0. The van der Waals surface area contributed by atoms with Crippen LogP contribution in [-0.4, -0.2) is 53.9 Å². The number of carbonyl (C=O) groups is 1. The van der Waals surface area contributed by atoms with Crippen molar-refractivity contribution in [3.63, 3.8) is 0 Å². The number of hydrogen-bond acceptors (Lipinski definition) is 5. The quantitative estimate of drug-likeness (QED) is 0.734. The highest BCUT2D eigenvalue weighted by atomic mass is 32.2. The van der Waals surface area contributed by atoms with Gasteiger partial charge in [0, 0.05) is 32.7 Å². The van der Waals surface area contributed by atoms with Gasteiger partial charge in [0.15, 0.2) is 0 Å². The summed E-state index contributed by atoms with van der Waals surface area (Å²) in [5.41, 5.74) is 5.71. The van der Waals surface area contributed by atoms with E-state index in [1.54, 1.807) is 19.4 Å². The second kappa shape index (κ2) is 6.16. The Morgan fingerprint density at radius 3 is 2.68 bits per heavy atom. The van der Waals surface area contributed by atoms with Crippen LogP contribution in [0.4, 0.5) is 0 Å². The van der Waals surface area contributed by atoms with Crippen LogP contribution in [0, 0.1) is 0 Å². The molecular formula is C11H20N4O3S. The highest BCUT2D eigenvalue weighted by Crippen LogP contribution is 2.03. The van der Waals surface area contributed by atoms with Crippen molar-refractivity contribution in [3.8, 4) is 0 Å². The van der Waals surface area contributed by atoms with Crippen molar-refractivity contribution in [2.45, 2.75) is 19.0 Å². The summed E-state index contributed by atoms with van der Waals surface area (Å²) in [5.74, 6) is 0.369. The van der Waals surface area contributed by atoms with Gasteiger partial charge >= 0.3 is 0 Å². The monoisotopic (exact) mass is 288 g/mol. The van der Waals surface area contributed by atoms with E-state index >= 15 is 0 Å². The van der Waals surface area contributed by atoms with Crippen LogP contribution in [-0.2, 0) is 28.2 Å². The van der Waals surface area contributed by atoms with Gasteiger partial charge < -0.3 is 15.2 Å². The normalized spacial score (nSPS) is 13.3. The summed E-state index contributed by atoms with van der Waals surface area (Å²) in [6.07, 6.45) is 4.69. The van der Waals surface area contributed by atoms with Crippen LogP contribution in [0.3, 0.4) is 0 Å². The van der Waals surface area contributed by atoms with Crippen molar-refractivity contribution in [1.82, 2.24) is 14.5 Å². The van der Waals surface area contributed by atoms with E-state index in [0.29, 0.717) is 6.54 Å². The molecule has 0 saturated heterocycles. The fourth-order valence-electron chi connectivity index (χ4n) is 1.59. The molecule has 0 saturated carbocycles. The van der Waals surface area contributed by atoms with Crippen molar-refractivity contribution < 1.29 is 13.2 Å². The first-order chi connectivity index (χ1) is 8.70. The van der Waals surface area contributed by atoms with Crippen LogP contribution in [0.25, 0.3) is 0 Å². The van der Waals surface area contributed by atoms with Crippen LogP contribution in [0.1, 0.15) is 12.2 Å². The number of imidazole rings is 1. The molecule has 19 heavy (non-hydrogen) atoms. The number of likely N-dealkylation sites (N-methyl/N-ethyl adjacent to an activating group) is 1. The van der Waals surface area contributed by atoms with Gasteiger partial charge in [-0.15, -0.1) is 0 Å². The van der Waals surface area contributed by atoms with Gasteiger partial charge in [0.1, 0.15) is 15.7 Å². The number of carbonyl (C=O) groups excluding carboxylic acids is 1. The lowest BCUT2D eigenvalue weighted by molar-refractivity contribution is -0.131. The molecular weight excluding hydrogens is 268 g/mol. The molecule has 1 amide bonds. The molecule has 0 radical (unpaired) electrons. The van der Waals surface area contributed by atoms with Gasteiger partial charge in [-0.2, -0.15) is 0 Å². The molecule has 1 unspecified atom stereocenters. The summed E-state index contributed by atoms with van der Waals surface area (Å²) < 4.78 is 23.9. The highest BCUT2D eigenvalue weighted by Gasteiger charge is 2.20. The first kappa shape index (κ1) is 15.6.